The number of rotatable bonds is 7. The summed E-state index contributed by atoms with van der Waals surface area (Å²) in [6.07, 6.45) is 1.05. The van der Waals surface area contributed by atoms with Gasteiger partial charge in [-0.2, -0.15) is 4.98 Å². The zero-order chi connectivity index (χ0) is 19.2. The summed E-state index contributed by atoms with van der Waals surface area (Å²) in [5, 5.41) is 6.88. The minimum Gasteiger partial charge on any atom is -0.379 e. The topological polar surface area (TPSA) is 80.5 Å². The summed E-state index contributed by atoms with van der Waals surface area (Å²) in [5.41, 5.74) is 1.43. The molecule has 7 nitrogen and oxygen atoms in total. The van der Waals surface area contributed by atoms with Gasteiger partial charge in [0.15, 0.2) is 5.82 Å². The van der Waals surface area contributed by atoms with Gasteiger partial charge in [0.2, 0.25) is 0 Å². The van der Waals surface area contributed by atoms with Gasteiger partial charge >= 0.3 is 0 Å². The average molecular weight is 372 g/mol. The number of ether oxygens (including phenoxy) is 1. The molecular formula is C20H28N4O3. The van der Waals surface area contributed by atoms with Crippen LogP contribution in [0.1, 0.15) is 36.5 Å². The van der Waals surface area contributed by atoms with E-state index in [0.29, 0.717) is 35.8 Å². The first-order valence-corrected chi connectivity index (χ1v) is 9.53. The highest BCUT2D eigenvalue weighted by Gasteiger charge is 2.22. The fraction of sp³-hybridized carbons (Fsp3) is 0.550. The fourth-order valence-corrected chi connectivity index (χ4v) is 3.34. The number of carbonyl (C=O) groups excluding carboxylic acids is 1. The highest BCUT2D eigenvalue weighted by Crippen LogP contribution is 2.18. The Morgan fingerprint density at radius 3 is 2.52 bits per heavy atom. The molecule has 1 unspecified atom stereocenters. The zero-order valence-corrected chi connectivity index (χ0v) is 16.3. The maximum atomic E-state index is 12.6. The molecular weight excluding hydrogens is 344 g/mol. The second kappa shape index (κ2) is 9.10. The van der Waals surface area contributed by atoms with Crippen molar-refractivity contribution in [3.05, 3.63) is 35.7 Å². The minimum absolute atomic E-state index is 0.0646. The van der Waals surface area contributed by atoms with Crippen molar-refractivity contribution >= 4 is 5.91 Å². The summed E-state index contributed by atoms with van der Waals surface area (Å²) in [6.45, 7) is 10.2. The normalized spacial score (nSPS) is 16.4. The maximum Gasteiger partial charge on any atom is 0.257 e. The molecule has 7 heteroatoms. The van der Waals surface area contributed by atoms with Gasteiger partial charge in [-0.1, -0.05) is 19.0 Å². The highest BCUT2D eigenvalue weighted by atomic mass is 16.5. The molecule has 0 spiro atoms. The standard InChI is InChI=1S/C20H28N4O3/c1-14(2)12-18(24-8-10-26-11-9-24)13-21-19(25)16-4-6-17(7-5-16)20-22-15(3)23-27-20/h4-7,14,18H,8-13H2,1-3H3,(H,21,25). The predicted molar refractivity (Wildman–Crippen MR) is 102 cm³/mol. The lowest BCUT2D eigenvalue weighted by Crippen LogP contribution is -2.49. The molecule has 1 atom stereocenters. The Labute approximate surface area is 160 Å². The molecule has 1 aliphatic heterocycles. The van der Waals surface area contributed by atoms with Crippen LogP contribution in [0.25, 0.3) is 11.5 Å². The number of nitrogens with one attached hydrogen (secondary N) is 1. The van der Waals surface area contributed by atoms with Crippen LogP contribution < -0.4 is 5.32 Å². The smallest absolute Gasteiger partial charge is 0.257 e. The van der Waals surface area contributed by atoms with Crippen molar-refractivity contribution in [2.45, 2.75) is 33.2 Å². The van der Waals surface area contributed by atoms with E-state index in [9.17, 15) is 4.79 Å². The Bertz CT molecular complexity index is 736. The van der Waals surface area contributed by atoms with Gasteiger partial charge in [0, 0.05) is 36.8 Å². The van der Waals surface area contributed by atoms with E-state index in [1.165, 1.54) is 0 Å². The first kappa shape index (κ1) is 19.5. The van der Waals surface area contributed by atoms with E-state index >= 15 is 0 Å². The zero-order valence-electron chi connectivity index (χ0n) is 16.3. The fourth-order valence-electron chi connectivity index (χ4n) is 3.34. The molecule has 1 aliphatic rings. The average Bonchev–Trinajstić information content (AvgIpc) is 3.12. The Morgan fingerprint density at radius 2 is 1.93 bits per heavy atom. The van der Waals surface area contributed by atoms with E-state index in [-0.39, 0.29) is 5.91 Å². The first-order chi connectivity index (χ1) is 13.0. The van der Waals surface area contributed by atoms with Crippen LogP contribution in [0.2, 0.25) is 0 Å². The van der Waals surface area contributed by atoms with Gasteiger partial charge in [0.25, 0.3) is 11.8 Å². The van der Waals surface area contributed by atoms with Gasteiger partial charge in [-0.05, 0) is 43.5 Å². The van der Waals surface area contributed by atoms with E-state index in [0.717, 1.165) is 38.3 Å². The third-order valence-corrected chi connectivity index (χ3v) is 4.73. The third kappa shape index (κ3) is 5.37. The molecule has 2 heterocycles. The number of hydrogen-bond acceptors (Lipinski definition) is 6. The van der Waals surface area contributed by atoms with Gasteiger partial charge in [-0.25, -0.2) is 0 Å². The monoisotopic (exact) mass is 372 g/mol. The summed E-state index contributed by atoms with van der Waals surface area (Å²) >= 11 is 0. The van der Waals surface area contributed by atoms with E-state index in [2.05, 4.69) is 34.2 Å². The van der Waals surface area contributed by atoms with E-state index < -0.39 is 0 Å². The summed E-state index contributed by atoms with van der Waals surface area (Å²) in [6, 6.07) is 7.57. The number of nitrogens with zero attached hydrogens (tertiary/aromatic N) is 3. The van der Waals surface area contributed by atoms with Crippen LogP contribution in [0.15, 0.2) is 28.8 Å². The van der Waals surface area contributed by atoms with E-state index in [1.807, 2.05) is 12.1 Å². The van der Waals surface area contributed by atoms with Crippen molar-refractivity contribution in [2.24, 2.45) is 5.92 Å². The molecule has 1 aromatic heterocycles. The SMILES string of the molecule is Cc1noc(-c2ccc(C(=O)NCC(CC(C)C)N3CCOCC3)cc2)n1. The summed E-state index contributed by atoms with van der Waals surface area (Å²) in [5.74, 6) is 1.56. The Morgan fingerprint density at radius 1 is 1.22 bits per heavy atom. The van der Waals surface area contributed by atoms with Crippen molar-refractivity contribution in [3.63, 3.8) is 0 Å². The number of aryl methyl sites for hydroxylation is 1. The van der Waals surface area contributed by atoms with Crippen molar-refractivity contribution in [2.75, 3.05) is 32.8 Å². The predicted octanol–water partition coefficient (Wildman–Crippen LogP) is 2.52. The highest BCUT2D eigenvalue weighted by molar-refractivity contribution is 5.94. The van der Waals surface area contributed by atoms with Crippen LogP contribution in [0.5, 0.6) is 0 Å². The van der Waals surface area contributed by atoms with Crippen molar-refractivity contribution in [1.29, 1.82) is 0 Å². The second-order valence-corrected chi connectivity index (χ2v) is 7.37. The molecule has 1 aromatic carbocycles. The van der Waals surface area contributed by atoms with Gasteiger partial charge < -0.3 is 14.6 Å². The van der Waals surface area contributed by atoms with Gasteiger partial charge in [0.1, 0.15) is 0 Å². The number of amides is 1. The lowest BCUT2D eigenvalue weighted by Gasteiger charge is -2.35. The van der Waals surface area contributed by atoms with Gasteiger partial charge in [-0.15, -0.1) is 0 Å². The number of benzene rings is 1. The van der Waals surface area contributed by atoms with Crippen molar-refractivity contribution < 1.29 is 14.1 Å². The van der Waals surface area contributed by atoms with Crippen molar-refractivity contribution in [3.8, 4) is 11.5 Å². The number of aromatic nitrogens is 2. The molecule has 27 heavy (non-hydrogen) atoms. The molecule has 1 N–H and O–H groups in total. The Hall–Kier alpha value is -2.25. The van der Waals surface area contributed by atoms with Gasteiger partial charge in [0.05, 0.1) is 13.2 Å². The van der Waals surface area contributed by atoms with Crippen LogP contribution in [0.4, 0.5) is 0 Å². The molecule has 0 saturated carbocycles. The van der Waals surface area contributed by atoms with Crippen LogP contribution >= 0.6 is 0 Å². The van der Waals surface area contributed by atoms with Crippen LogP contribution in [-0.2, 0) is 4.74 Å². The Balaban J connectivity index is 1.59. The number of carbonyl (C=O) groups is 1. The maximum absolute atomic E-state index is 12.6. The van der Waals surface area contributed by atoms with Gasteiger partial charge in [-0.3, -0.25) is 9.69 Å². The lowest BCUT2D eigenvalue weighted by atomic mass is 10.0. The molecule has 0 bridgehead atoms. The molecule has 0 aliphatic carbocycles. The molecule has 146 valence electrons. The van der Waals surface area contributed by atoms with Crippen LogP contribution in [-0.4, -0.2) is 59.8 Å². The molecule has 1 saturated heterocycles. The quantitative estimate of drug-likeness (QED) is 0.804. The van der Waals surface area contributed by atoms with Crippen molar-refractivity contribution in [1.82, 2.24) is 20.4 Å². The molecule has 1 fully saturated rings. The van der Waals surface area contributed by atoms with E-state index in [4.69, 9.17) is 9.26 Å². The largest absolute Gasteiger partial charge is 0.379 e. The first-order valence-electron chi connectivity index (χ1n) is 9.53. The molecule has 2 aromatic rings. The lowest BCUT2D eigenvalue weighted by molar-refractivity contribution is 0.0124. The van der Waals surface area contributed by atoms with E-state index in [1.54, 1.807) is 19.1 Å². The van der Waals surface area contributed by atoms with Crippen LogP contribution in [0, 0.1) is 12.8 Å². The summed E-state index contributed by atoms with van der Waals surface area (Å²) in [4.78, 5) is 19.2. The third-order valence-electron chi connectivity index (χ3n) is 4.73. The summed E-state index contributed by atoms with van der Waals surface area (Å²) in [7, 11) is 0. The molecule has 0 radical (unpaired) electrons. The molecule has 3 rings (SSSR count). The second-order valence-electron chi connectivity index (χ2n) is 7.37. The molecule has 1 amide bonds. The van der Waals surface area contributed by atoms with Crippen LogP contribution in [0.3, 0.4) is 0 Å². The minimum atomic E-state index is -0.0646. The number of hydrogen-bond donors (Lipinski definition) is 1. The number of morpholine rings is 1. The summed E-state index contributed by atoms with van der Waals surface area (Å²) < 4.78 is 10.6. The Kier molecular flexibility index (Phi) is 6.58.